The molecule has 0 atom stereocenters. The molecule has 0 bridgehead atoms. The predicted molar refractivity (Wildman–Crippen MR) is 307 cm³/mol. The summed E-state index contributed by atoms with van der Waals surface area (Å²) in [7, 11) is 0. The molecule has 14 rings (SSSR count). The maximum absolute atomic E-state index is 6.44. The van der Waals surface area contributed by atoms with Crippen molar-refractivity contribution in [2.45, 2.75) is 0 Å². The topological polar surface area (TPSA) is 19.6 Å². The molecular weight excluding hydrogens is 893 g/mol. The number of hydrogen-bond donors (Lipinski definition) is 0. The van der Waals surface area contributed by atoms with Gasteiger partial charge in [-0.05, 0) is 152 Å². The molecule has 12 aromatic carbocycles. The van der Waals surface area contributed by atoms with Crippen molar-refractivity contribution in [2.75, 3.05) is 9.80 Å². The van der Waals surface area contributed by atoms with Gasteiger partial charge < -0.3 is 14.2 Å². The van der Waals surface area contributed by atoms with Crippen LogP contribution in [0.5, 0.6) is 0 Å². The molecule has 0 unspecified atom stereocenters. The van der Waals surface area contributed by atoms with Crippen LogP contribution < -0.4 is 9.80 Å². The fourth-order valence-electron chi connectivity index (χ4n) is 10.8. The van der Waals surface area contributed by atoms with Crippen LogP contribution in [0.3, 0.4) is 0 Å². The fourth-order valence-corrected chi connectivity index (χ4v) is 11.9. The first kappa shape index (κ1) is 41.7. The van der Waals surface area contributed by atoms with Gasteiger partial charge in [-0.2, -0.15) is 0 Å². The largest absolute Gasteiger partial charge is 0.456 e. The number of anilines is 6. The van der Waals surface area contributed by atoms with Crippen LogP contribution in [-0.4, -0.2) is 0 Å². The highest BCUT2D eigenvalue weighted by Crippen LogP contribution is 2.48. The van der Waals surface area contributed by atoms with E-state index >= 15 is 0 Å². The number of rotatable bonds is 9. The molecule has 0 saturated carbocycles. The smallest absolute Gasteiger partial charge is 0.135 e. The first-order valence-electron chi connectivity index (χ1n) is 24.5. The quantitative estimate of drug-likeness (QED) is 0.134. The van der Waals surface area contributed by atoms with E-state index in [9.17, 15) is 0 Å². The van der Waals surface area contributed by atoms with Crippen LogP contribution in [0.4, 0.5) is 34.1 Å². The zero-order chi connectivity index (χ0) is 47.5. The molecular formula is C68H44N2OS. The van der Waals surface area contributed by atoms with E-state index in [0.29, 0.717) is 0 Å². The van der Waals surface area contributed by atoms with Crippen LogP contribution in [-0.2, 0) is 0 Å². The van der Waals surface area contributed by atoms with Gasteiger partial charge in [-0.1, -0.05) is 170 Å². The highest BCUT2D eigenvalue weighted by molar-refractivity contribution is 7.25. The van der Waals surface area contributed by atoms with Crippen molar-refractivity contribution < 1.29 is 4.42 Å². The summed E-state index contributed by atoms with van der Waals surface area (Å²) in [6.45, 7) is 0. The number of para-hydroxylation sites is 1. The molecule has 0 amide bonds. The maximum Gasteiger partial charge on any atom is 0.135 e. The number of hydrogen-bond acceptors (Lipinski definition) is 4. The van der Waals surface area contributed by atoms with Crippen LogP contribution in [0, 0.1) is 0 Å². The Hall–Kier alpha value is -9.22. The molecule has 0 aliphatic carbocycles. The van der Waals surface area contributed by atoms with Crippen LogP contribution in [0.25, 0.3) is 97.0 Å². The number of benzene rings is 12. The Morgan fingerprint density at radius 1 is 0.250 bits per heavy atom. The number of furan rings is 1. The van der Waals surface area contributed by atoms with Gasteiger partial charge in [-0.25, -0.2) is 0 Å². The van der Waals surface area contributed by atoms with E-state index in [1.807, 2.05) is 17.4 Å². The summed E-state index contributed by atoms with van der Waals surface area (Å²) in [6.07, 6.45) is 0. The second kappa shape index (κ2) is 17.3. The third-order valence-electron chi connectivity index (χ3n) is 14.2. The molecule has 0 spiro atoms. The zero-order valence-corrected chi connectivity index (χ0v) is 39.9. The summed E-state index contributed by atoms with van der Waals surface area (Å²) in [4.78, 5) is 4.86. The number of nitrogens with zero attached hydrogens (tertiary/aromatic N) is 2. The van der Waals surface area contributed by atoms with Crippen molar-refractivity contribution in [3.8, 4) is 33.4 Å². The molecule has 3 nitrogen and oxygen atoms in total. The summed E-state index contributed by atoms with van der Waals surface area (Å²) >= 11 is 1.84. The summed E-state index contributed by atoms with van der Waals surface area (Å²) < 4.78 is 8.99. The third-order valence-corrected chi connectivity index (χ3v) is 15.4. The van der Waals surface area contributed by atoms with Gasteiger partial charge in [0.2, 0.25) is 0 Å². The molecule has 4 heteroatoms. The van der Waals surface area contributed by atoms with Crippen LogP contribution >= 0.6 is 11.3 Å². The molecule has 14 aromatic rings. The van der Waals surface area contributed by atoms with Crippen molar-refractivity contribution >= 4 is 109 Å². The van der Waals surface area contributed by atoms with Crippen molar-refractivity contribution in [2.24, 2.45) is 0 Å². The zero-order valence-electron chi connectivity index (χ0n) is 39.1. The van der Waals surface area contributed by atoms with Gasteiger partial charge in [-0.3, -0.25) is 0 Å². The lowest BCUT2D eigenvalue weighted by molar-refractivity contribution is 0.669. The molecule has 2 heterocycles. The van der Waals surface area contributed by atoms with Crippen LogP contribution in [0.15, 0.2) is 271 Å². The van der Waals surface area contributed by atoms with Gasteiger partial charge in [0, 0.05) is 65.1 Å². The predicted octanol–water partition coefficient (Wildman–Crippen LogP) is 20.2. The monoisotopic (exact) mass is 936 g/mol. The Bertz CT molecular complexity index is 4130. The van der Waals surface area contributed by atoms with Gasteiger partial charge in [0.15, 0.2) is 0 Å². The number of thiophene rings is 1. The third kappa shape index (κ3) is 7.28. The average Bonchev–Trinajstić information content (AvgIpc) is 4.02. The average molecular weight is 937 g/mol. The lowest BCUT2D eigenvalue weighted by atomic mass is 9.92. The summed E-state index contributed by atoms with van der Waals surface area (Å²) in [6, 6.07) is 97.1. The SMILES string of the molecule is c1ccc(-c2ccc(N(c3ccc(-c4ccccc4)cc3)c3cc(-c4cc5ccccc5c5ccccc45)cc(N(c4ccc5oc6ccccc6c5c4)c4ccc5sc6ccccc6c5c4)c3)cc2)cc1. The first-order chi connectivity index (χ1) is 35.7. The van der Waals surface area contributed by atoms with Crippen molar-refractivity contribution in [1.29, 1.82) is 0 Å². The molecule has 72 heavy (non-hydrogen) atoms. The van der Waals surface area contributed by atoms with Gasteiger partial charge in [0.05, 0.1) is 0 Å². The standard InChI is InChI=1S/C68H44N2OS/c1-3-15-45(16-4-1)47-27-31-51(32-28-47)69(52-33-29-48(30-34-52)46-17-5-2-6-18-46)55-39-50(62-41-49-19-7-8-20-57(49)58-21-9-10-22-59(58)62)40-56(42-55)70(53-35-37-66-63(43-53)60-23-11-13-25-65(60)71-66)54-36-38-68-64(44-54)61-24-12-14-26-67(61)72-68/h1-44H. The summed E-state index contributed by atoms with van der Waals surface area (Å²) in [5.41, 5.74) is 15.0. The molecule has 0 radical (unpaired) electrons. The lowest BCUT2D eigenvalue weighted by Gasteiger charge is -2.31. The van der Waals surface area contributed by atoms with Gasteiger partial charge in [0.1, 0.15) is 11.2 Å². The molecule has 0 saturated heterocycles. The Labute approximate surface area is 421 Å². The summed E-state index contributed by atoms with van der Waals surface area (Å²) in [5, 5.41) is 9.54. The number of fused-ring (bicyclic) bond motifs is 9. The van der Waals surface area contributed by atoms with E-state index in [-0.39, 0.29) is 0 Å². The van der Waals surface area contributed by atoms with Crippen molar-refractivity contribution in [1.82, 2.24) is 0 Å². The molecule has 338 valence electrons. The first-order valence-corrected chi connectivity index (χ1v) is 25.3. The summed E-state index contributed by atoms with van der Waals surface area (Å²) in [5.74, 6) is 0. The Morgan fingerprint density at radius 2 is 0.722 bits per heavy atom. The van der Waals surface area contributed by atoms with Crippen molar-refractivity contribution in [3.63, 3.8) is 0 Å². The minimum atomic E-state index is 0.861. The molecule has 0 fully saturated rings. The molecule has 0 aliphatic rings. The van der Waals surface area contributed by atoms with E-state index in [0.717, 1.165) is 61.6 Å². The Kier molecular flexibility index (Phi) is 10.0. The maximum atomic E-state index is 6.44. The van der Waals surface area contributed by atoms with Gasteiger partial charge >= 0.3 is 0 Å². The van der Waals surface area contributed by atoms with Gasteiger partial charge in [0.25, 0.3) is 0 Å². The fraction of sp³-hybridized carbons (Fsp3) is 0. The van der Waals surface area contributed by atoms with Gasteiger partial charge in [-0.15, -0.1) is 11.3 Å². The Balaban J connectivity index is 1.05. The second-order valence-corrected chi connectivity index (χ2v) is 19.6. The highest BCUT2D eigenvalue weighted by Gasteiger charge is 2.23. The van der Waals surface area contributed by atoms with E-state index in [4.69, 9.17) is 4.42 Å². The van der Waals surface area contributed by atoms with E-state index < -0.39 is 0 Å². The second-order valence-electron chi connectivity index (χ2n) is 18.5. The van der Waals surface area contributed by atoms with E-state index in [2.05, 4.69) is 271 Å². The van der Waals surface area contributed by atoms with Crippen LogP contribution in [0.2, 0.25) is 0 Å². The molecule has 0 N–H and O–H groups in total. The highest BCUT2D eigenvalue weighted by atomic mass is 32.1. The minimum Gasteiger partial charge on any atom is -0.456 e. The minimum absolute atomic E-state index is 0.861. The normalized spacial score (nSPS) is 11.6. The molecule has 0 aliphatic heterocycles. The van der Waals surface area contributed by atoms with E-state index in [1.54, 1.807) is 0 Å². The molecule has 2 aromatic heterocycles. The van der Waals surface area contributed by atoms with Crippen molar-refractivity contribution in [3.05, 3.63) is 267 Å². The Morgan fingerprint density at radius 3 is 1.40 bits per heavy atom. The van der Waals surface area contributed by atoms with Crippen LogP contribution in [0.1, 0.15) is 0 Å². The van der Waals surface area contributed by atoms with E-state index in [1.165, 1.54) is 69.5 Å². The lowest BCUT2D eigenvalue weighted by Crippen LogP contribution is -2.14.